The minimum atomic E-state index is 0. The number of halogens is 1. The van der Waals surface area contributed by atoms with Crippen molar-refractivity contribution in [1.82, 2.24) is 15.5 Å². The monoisotopic (exact) mass is 331 g/mol. The van der Waals surface area contributed by atoms with Crippen molar-refractivity contribution in [2.24, 2.45) is 11.3 Å². The predicted octanol–water partition coefficient (Wildman–Crippen LogP) is 1.56. The molecule has 0 bridgehead atoms. The van der Waals surface area contributed by atoms with Gasteiger partial charge >= 0.3 is 0 Å². The molecule has 22 heavy (non-hydrogen) atoms. The molecule has 0 aromatic heterocycles. The van der Waals surface area contributed by atoms with Crippen molar-refractivity contribution in [1.29, 1.82) is 0 Å². The summed E-state index contributed by atoms with van der Waals surface area (Å²) in [7, 11) is 0. The van der Waals surface area contributed by atoms with Crippen molar-refractivity contribution in [3.05, 3.63) is 0 Å². The number of piperidine rings is 1. The molecule has 1 saturated carbocycles. The lowest BCUT2D eigenvalue weighted by molar-refractivity contribution is -0.131. The van der Waals surface area contributed by atoms with Crippen LogP contribution in [0.1, 0.15) is 46.0 Å². The first-order chi connectivity index (χ1) is 10.1. The highest BCUT2D eigenvalue weighted by atomic mass is 35.5. The molecule has 128 valence electrons. The molecule has 1 unspecified atom stereocenters. The molecule has 2 aliphatic rings. The van der Waals surface area contributed by atoms with Crippen LogP contribution >= 0.6 is 12.4 Å². The summed E-state index contributed by atoms with van der Waals surface area (Å²) in [6.45, 7) is 8.23. The Labute approximate surface area is 140 Å². The third kappa shape index (κ3) is 4.59. The summed E-state index contributed by atoms with van der Waals surface area (Å²) in [6, 6.07) is 0. The first kappa shape index (κ1) is 19.2. The molecule has 0 aromatic carbocycles. The topological polar surface area (TPSA) is 61.4 Å². The fraction of sp³-hybridized carbons (Fsp3) is 0.875. The normalized spacial score (nSPS) is 21.8. The van der Waals surface area contributed by atoms with E-state index in [9.17, 15) is 9.59 Å². The van der Waals surface area contributed by atoms with Crippen LogP contribution in [0.2, 0.25) is 0 Å². The SMILES string of the molecule is CCN(CC)C(=O)CCCNC(=O)C1CC12CCNCC2.Cl. The predicted molar refractivity (Wildman–Crippen MR) is 90.1 cm³/mol. The van der Waals surface area contributed by atoms with Crippen molar-refractivity contribution in [2.45, 2.75) is 46.0 Å². The molecule has 1 atom stereocenters. The molecule has 5 nitrogen and oxygen atoms in total. The second-order valence-electron chi connectivity index (χ2n) is 6.33. The highest BCUT2D eigenvalue weighted by Crippen LogP contribution is 2.58. The first-order valence-electron chi connectivity index (χ1n) is 8.39. The summed E-state index contributed by atoms with van der Waals surface area (Å²) in [5.74, 6) is 0.612. The number of hydrogen-bond donors (Lipinski definition) is 2. The van der Waals surface area contributed by atoms with Gasteiger partial charge in [0, 0.05) is 32.0 Å². The lowest BCUT2D eigenvalue weighted by Gasteiger charge is -2.23. The van der Waals surface area contributed by atoms with Crippen LogP contribution < -0.4 is 10.6 Å². The summed E-state index contributed by atoms with van der Waals surface area (Å²) in [6.07, 6.45) is 4.58. The van der Waals surface area contributed by atoms with E-state index in [1.165, 1.54) is 0 Å². The second kappa shape index (κ2) is 8.73. The third-order valence-corrected chi connectivity index (χ3v) is 5.09. The molecular formula is C16H30ClN3O2. The van der Waals surface area contributed by atoms with Crippen LogP contribution in [0.4, 0.5) is 0 Å². The van der Waals surface area contributed by atoms with Gasteiger partial charge in [0.15, 0.2) is 0 Å². The van der Waals surface area contributed by atoms with E-state index in [0.717, 1.165) is 51.9 Å². The fourth-order valence-corrected chi connectivity index (χ4v) is 3.50. The zero-order valence-electron chi connectivity index (χ0n) is 13.8. The Morgan fingerprint density at radius 2 is 1.86 bits per heavy atom. The van der Waals surface area contributed by atoms with Gasteiger partial charge in [-0.25, -0.2) is 0 Å². The van der Waals surface area contributed by atoms with E-state index >= 15 is 0 Å². The van der Waals surface area contributed by atoms with Crippen LogP contribution in [0.5, 0.6) is 0 Å². The molecule has 1 saturated heterocycles. The zero-order chi connectivity index (χ0) is 15.3. The van der Waals surface area contributed by atoms with Crippen molar-refractivity contribution in [3.63, 3.8) is 0 Å². The van der Waals surface area contributed by atoms with E-state index in [2.05, 4.69) is 10.6 Å². The number of rotatable bonds is 7. The van der Waals surface area contributed by atoms with Gasteiger partial charge in [0.25, 0.3) is 0 Å². The van der Waals surface area contributed by atoms with Crippen LogP contribution in [0.15, 0.2) is 0 Å². The summed E-state index contributed by atoms with van der Waals surface area (Å²) < 4.78 is 0. The average molecular weight is 332 g/mol. The summed E-state index contributed by atoms with van der Waals surface area (Å²) in [5, 5.41) is 6.37. The summed E-state index contributed by atoms with van der Waals surface area (Å²) >= 11 is 0. The van der Waals surface area contributed by atoms with Gasteiger partial charge in [-0.3, -0.25) is 9.59 Å². The van der Waals surface area contributed by atoms with E-state index in [-0.39, 0.29) is 30.1 Å². The Bertz CT molecular complexity index is 380. The molecule has 1 aliphatic carbocycles. The number of amides is 2. The Kier molecular flexibility index (Phi) is 7.63. The fourth-order valence-electron chi connectivity index (χ4n) is 3.50. The molecule has 2 amide bonds. The smallest absolute Gasteiger partial charge is 0.223 e. The minimum Gasteiger partial charge on any atom is -0.356 e. The Morgan fingerprint density at radius 1 is 1.23 bits per heavy atom. The lowest BCUT2D eigenvalue weighted by atomic mass is 9.92. The Morgan fingerprint density at radius 3 is 2.45 bits per heavy atom. The van der Waals surface area contributed by atoms with E-state index in [0.29, 0.717) is 18.4 Å². The molecule has 1 heterocycles. The minimum absolute atomic E-state index is 0. The number of nitrogens with one attached hydrogen (secondary N) is 2. The maximum Gasteiger partial charge on any atom is 0.223 e. The number of carbonyl (C=O) groups is 2. The van der Waals surface area contributed by atoms with Gasteiger partial charge in [-0.05, 0) is 58.0 Å². The van der Waals surface area contributed by atoms with Crippen molar-refractivity contribution >= 4 is 24.2 Å². The second-order valence-corrected chi connectivity index (χ2v) is 6.33. The highest BCUT2D eigenvalue weighted by Gasteiger charge is 2.57. The van der Waals surface area contributed by atoms with E-state index < -0.39 is 0 Å². The molecule has 2 N–H and O–H groups in total. The van der Waals surface area contributed by atoms with Crippen LogP contribution in [0, 0.1) is 11.3 Å². The van der Waals surface area contributed by atoms with Crippen LogP contribution in [-0.4, -0.2) is 49.4 Å². The first-order valence-corrected chi connectivity index (χ1v) is 8.39. The third-order valence-electron chi connectivity index (χ3n) is 5.09. The van der Waals surface area contributed by atoms with E-state index in [1.807, 2.05) is 18.7 Å². The van der Waals surface area contributed by atoms with Gasteiger partial charge in [-0.1, -0.05) is 0 Å². The van der Waals surface area contributed by atoms with Gasteiger partial charge in [0.1, 0.15) is 0 Å². The largest absolute Gasteiger partial charge is 0.356 e. The number of hydrogen-bond acceptors (Lipinski definition) is 3. The van der Waals surface area contributed by atoms with Crippen LogP contribution in [0.3, 0.4) is 0 Å². The number of carbonyl (C=O) groups excluding carboxylic acids is 2. The molecule has 6 heteroatoms. The highest BCUT2D eigenvalue weighted by molar-refractivity contribution is 5.85. The number of nitrogens with zero attached hydrogens (tertiary/aromatic N) is 1. The maximum atomic E-state index is 12.1. The molecule has 0 aromatic rings. The van der Waals surface area contributed by atoms with Gasteiger partial charge in [-0.2, -0.15) is 0 Å². The van der Waals surface area contributed by atoms with Crippen LogP contribution in [-0.2, 0) is 9.59 Å². The van der Waals surface area contributed by atoms with Crippen molar-refractivity contribution < 1.29 is 9.59 Å². The zero-order valence-corrected chi connectivity index (χ0v) is 14.6. The standard InChI is InChI=1S/C16H29N3O2.ClH/c1-3-19(4-2)14(20)6-5-9-18-15(21)13-12-16(13)7-10-17-11-8-16;/h13,17H,3-12H2,1-2H3,(H,18,21);1H. The van der Waals surface area contributed by atoms with Crippen LogP contribution in [0.25, 0.3) is 0 Å². The quantitative estimate of drug-likeness (QED) is 0.696. The Hall–Kier alpha value is -0.810. The molecule has 1 aliphatic heterocycles. The van der Waals surface area contributed by atoms with Gasteiger partial charge < -0.3 is 15.5 Å². The van der Waals surface area contributed by atoms with Gasteiger partial charge in [-0.15, -0.1) is 12.4 Å². The molecule has 0 radical (unpaired) electrons. The molecular weight excluding hydrogens is 302 g/mol. The van der Waals surface area contributed by atoms with Gasteiger partial charge in [0.2, 0.25) is 11.8 Å². The van der Waals surface area contributed by atoms with Crippen molar-refractivity contribution in [3.8, 4) is 0 Å². The van der Waals surface area contributed by atoms with Crippen molar-refractivity contribution in [2.75, 3.05) is 32.7 Å². The lowest BCUT2D eigenvalue weighted by Crippen LogP contribution is -2.34. The van der Waals surface area contributed by atoms with E-state index in [1.54, 1.807) is 0 Å². The van der Waals surface area contributed by atoms with Gasteiger partial charge in [0.05, 0.1) is 0 Å². The molecule has 1 spiro atoms. The molecule has 2 fully saturated rings. The van der Waals surface area contributed by atoms with E-state index in [4.69, 9.17) is 0 Å². The summed E-state index contributed by atoms with van der Waals surface area (Å²) in [5.41, 5.74) is 0.298. The average Bonchev–Trinajstić information content (AvgIpc) is 3.19. The maximum absolute atomic E-state index is 12.1. The Balaban J connectivity index is 0.00000242. The summed E-state index contributed by atoms with van der Waals surface area (Å²) in [4.78, 5) is 25.8. The molecule has 2 rings (SSSR count).